The monoisotopic (exact) mass is 635 g/mol. The molecular weight excluding hydrogens is 602 g/mol. The van der Waals surface area contributed by atoms with Crippen molar-refractivity contribution in [2.45, 2.75) is 65.6 Å². The number of nitrogen functional groups attached to an aromatic ring is 1. The number of hydrogen-bond donors (Lipinski definition) is 2. The molecule has 4 aromatic rings. The molecule has 3 aromatic heterocycles. The number of esters is 1. The first-order chi connectivity index (χ1) is 20.0. The standard InChI is InChI=1S/C30H34BrN7O4/c1-5-42-25(40)12-10-18-9-11-20-19(13-18)26-27(32)33-16-34-28(26)37(20)15-24(39)38-17(2)30(3,4)14-21(38)29(41)36-23-8-6-7-22(31)35-23/h6-9,11,13,16-17,21H,5,10,12,14-15H2,1-4H3,(H2,32,33,34)(H,35,36,41)/t17-,21+/m1/s1. The average molecular weight is 637 g/mol. The van der Waals surface area contributed by atoms with Crippen LogP contribution in [0.25, 0.3) is 21.9 Å². The molecule has 42 heavy (non-hydrogen) atoms. The summed E-state index contributed by atoms with van der Waals surface area (Å²) in [4.78, 5) is 54.2. The van der Waals surface area contributed by atoms with E-state index in [-0.39, 0.29) is 42.2 Å². The molecule has 2 atom stereocenters. The Kier molecular flexibility index (Phi) is 8.18. The summed E-state index contributed by atoms with van der Waals surface area (Å²) in [6.07, 6.45) is 2.63. The third kappa shape index (κ3) is 5.67. The first-order valence-corrected chi connectivity index (χ1v) is 14.7. The highest BCUT2D eigenvalue weighted by Gasteiger charge is 2.49. The Hall–Kier alpha value is -4.06. The molecule has 0 unspecified atom stereocenters. The zero-order chi connectivity index (χ0) is 30.2. The SMILES string of the molecule is CCOC(=O)CCc1ccc2c(c1)c1c(N)ncnc1n2CC(=O)N1[C@H](C(=O)Nc2cccc(Br)n2)CC(C)(C)[C@H]1C. The van der Waals surface area contributed by atoms with Crippen molar-refractivity contribution in [3.8, 4) is 0 Å². The molecule has 3 N–H and O–H groups in total. The van der Waals surface area contributed by atoms with Gasteiger partial charge in [0.15, 0.2) is 0 Å². The fourth-order valence-corrected chi connectivity index (χ4v) is 6.05. The van der Waals surface area contributed by atoms with Crippen LogP contribution < -0.4 is 11.1 Å². The summed E-state index contributed by atoms with van der Waals surface area (Å²) < 4.78 is 7.49. The van der Waals surface area contributed by atoms with Crippen molar-refractivity contribution in [1.29, 1.82) is 0 Å². The number of nitrogens with two attached hydrogens (primary N) is 1. The van der Waals surface area contributed by atoms with Crippen molar-refractivity contribution in [3.05, 3.63) is 52.9 Å². The van der Waals surface area contributed by atoms with Gasteiger partial charge in [-0.3, -0.25) is 14.4 Å². The minimum atomic E-state index is -0.675. The molecule has 2 amide bonds. The number of fused-ring (bicyclic) bond motifs is 3. The van der Waals surface area contributed by atoms with E-state index in [1.165, 1.54) is 6.33 Å². The lowest BCUT2D eigenvalue weighted by Gasteiger charge is -2.31. The Morgan fingerprint density at radius 2 is 1.98 bits per heavy atom. The van der Waals surface area contributed by atoms with Gasteiger partial charge in [0.25, 0.3) is 0 Å². The van der Waals surface area contributed by atoms with Gasteiger partial charge in [0.05, 0.1) is 17.5 Å². The Morgan fingerprint density at radius 1 is 1.19 bits per heavy atom. The predicted octanol–water partition coefficient (Wildman–Crippen LogP) is 4.47. The van der Waals surface area contributed by atoms with Crippen molar-refractivity contribution < 1.29 is 19.1 Å². The zero-order valence-corrected chi connectivity index (χ0v) is 25.6. The van der Waals surface area contributed by atoms with E-state index in [1.807, 2.05) is 29.7 Å². The number of amides is 2. The maximum atomic E-state index is 14.1. The van der Waals surface area contributed by atoms with Crippen LogP contribution >= 0.6 is 15.9 Å². The number of aryl methyl sites for hydroxylation is 1. The van der Waals surface area contributed by atoms with Gasteiger partial charge in [0.2, 0.25) is 11.8 Å². The third-order valence-corrected chi connectivity index (χ3v) is 8.55. The normalized spacial score (nSPS) is 18.0. The van der Waals surface area contributed by atoms with Crippen LogP contribution in [0.3, 0.4) is 0 Å². The van der Waals surface area contributed by atoms with E-state index < -0.39 is 6.04 Å². The molecule has 0 aliphatic carbocycles. The van der Waals surface area contributed by atoms with Gasteiger partial charge in [0.1, 0.15) is 40.8 Å². The number of likely N-dealkylation sites (tertiary alicyclic amines) is 1. The van der Waals surface area contributed by atoms with E-state index >= 15 is 0 Å². The summed E-state index contributed by atoms with van der Waals surface area (Å²) in [5, 5.41) is 4.31. The average Bonchev–Trinajstić information content (AvgIpc) is 3.38. The molecule has 4 heterocycles. The van der Waals surface area contributed by atoms with E-state index in [0.29, 0.717) is 46.7 Å². The Labute approximate surface area is 252 Å². The number of pyridine rings is 1. The fraction of sp³-hybridized carbons (Fsp3) is 0.400. The van der Waals surface area contributed by atoms with Gasteiger partial charge in [-0.25, -0.2) is 15.0 Å². The van der Waals surface area contributed by atoms with Crippen LogP contribution in [0.15, 0.2) is 47.3 Å². The summed E-state index contributed by atoms with van der Waals surface area (Å²) in [7, 11) is 0. The largest absolute Gasteiger partial charge is 0.466 e. The molecule has 0 saturated carbocycles. The minimum absolute atomic E-state index is 0.0437. The lowest BCUT2D eigenvalue weighted by atomic mass is 9.84. The van der Waals surface area contributed by atoms with Gasteiger partial charge >= 0.3 is 5.97 Å². The number of rotatable bonds is 8. The lowest BCUT2D eigenvalue weighted by molar-refractivity contribution is -0.143. The minimum Gasteiger partial charge on any atom is -0.466 e. The second-order valence-corrected chi connectivity index (χ2v) is 12.0. The summed E-state index contributed by atoms with van der Waals surface area (Å²) in [5.74, 6) is -0.0461. The topological polar surface area (TPSA) is 145 Å². The second-order valence-electron chi connectivity index (χ2n) is 11.2. The fourth-order valence-electron chi connectivity index (χ4n) is 5.71. The summed E-state index contributed by atoms with van der Waals surface area (Å²) in [6, 6.07) is 10.2. The van der Waals surface area contributed by atoms with E-state index in [4.69, 9.17) is 10.5 Å². The molecule has 0 bridgehead atoms. The number of aromatic nitrogens is 4. The van der Waals surface area contributed by atoms with Gasteiger partial charge in [-0.15, -0.1) is 0 Å². The molecule has 12 heteroatoms. The summed E-state index contributed by atoms with van der Waals surface area (Å²) in [5.41, 5.74) is 8.23. The zero-order valence-electron chi connectivity index (χ0n) is 24.1. The van der Waals surface area contributed by atoms with Gasteiger partial charge in [0, 0.05) is 17.8 Å². The van der Waals surface area contributed by atoms with Crippen LogP contribution in [-0.2, 0) is 32.1 Å². The Balaban J connectivity index is 1.47. The van der Waals surface area contributed by atoms with Crippen molar-refractivity contribution in [3.63, 3.8) is 0 Å². The third-order valence-electron chi connectivity index (χ3n) is 8.11. The number of halogens is 1. The van der Waals surface area contributed by atoms with Crippen LogP contribution in [0.5, 0.6) is 0 Å². The Morgan fingerprint density at radius 3 is 2.71 bits per heavy atom. The number of carbonyl (C=O) groups is 3. The van der Waals surface area contributed by atoms with E-state index in [0.717, 1.165) is 16.5 Å². The highest BCUT2D eigenvalue weighted by Crippen LogP contribution is 2.41. The van der Waals surface area contributed by atoms with Crippen LogP contribution in [0, 0.1) is 5.41 Å². The maximum Gasteiger partial charge on any atom is 0.306 e. The van der Waals surface area contributed by atoms with Gasteiger partial charge in [-0.2, -0.15) is 0 Å². The maximum absolute atomic E-state index is 14.1. The van der Waals surface area contributed by atoms with Gasteiger partial charge < -0.3 is 25.3 Å². The number of nitrogens with zero attached hydrogens (tertiary/aromatic N) is 5. The molecular formula is C30H34BrN7O4. The van der Waals surface area contributed by atoms with E-state index in [2.05, 4.69) is 50.0 Å². The molecule has 0 radical (unpaired) electrons. The quantitative estimate of drug-likeness (QED) is 0.213. The highest BCUT2D eigenvalue weighted by molar-refractivity contribution is 9.10. The van der Waals surface area contributed by atoms with Crippen molar-refractivity contribution in [2.24, 2.45) is 5.41 Å². The predicted molar refractivity (Wildman–Crippen MR) is 163 cm³/mol. The molecule has 1 saturated heterocycles. The van der Waals surface area contributed by atoms with Crippen LogP contribution in [0.1, 0.15) is 46.1 Å². The first-order valence-electron chi connectivity index (χ1n) is 13.9. The molecule has 220 valence electrons. The van der Waals surface area contributed by atoms with Gasteiger partial charge in [-0.05, 0) is 77.9 Å². The van der Waals surface area contributed by atoms with Crippen LogP contribution in [-0.4, -0.2) is 60.9 Å². The highest BCUT2D eigenvalue weighted by atomic mass is 79.9. The number of benzene rings is 1. The van der Waals surface area contributed by atoms with Crippen LogP contribution in [0.4, 0.5) is 11.6 Å². The molecule has 11 nitrogen and oxygen atoms in total. The molecule has 1 aliphatic rings. The van der Waals surface area contributed by atoms with Crippen molar-refractivity contribution in [2.75, 3.05) is 17.7 Å². The summed E-state index contributed by atoms with van der Waals surface area (Å²) >= 11 is 3.33. The molecule has 1 fully saturated rings. The van der Waals surface area contributed by atoms with Gasteiger partial charge in [-0.1, -0.05) is 26.0 Å². The second kappa shape index (κ2) is 11.7. The smallest absolute Gasteiger partial charge is 0.306 e. The first kappa shape index (κ1) is 29.4. The summed E-state index contributed by atoms with van der Waals surface area (Å²) in [6.45, 7) is 8.18. The number of ether oxygens (including phenoxy) is 1. The molecule has 5 rings (SSSR count). The lowest BCUT2D eigenvalue weighted by Crippen LogP contribution is -2.48. The van der Waals surface area contributed by atoms with Crippen molar-refractivity contribution >= 4 is 67.3 Å². The number of hydrogen-bond acceptors (Lipinski definition) is 8. The number of carbonyl (C=O) groups excluding carboxylic acids is 3. The number of anilines is 2. The van der Waals surface area contributed by atoms with Crippen molar-refractivity contribution in [1.82, 2.24) is 24.4 Å². The Bertz CT molecular complexity index is 1690. The molecule has 1 aliphatic heterocycles. The van der Waals surface area contributed by atoms with Crippen LogP contribution in [0.2, 0.25) is 0 Å². The number of nitrogens with one attached hydrogen (secondary N) is 1. The molecule has 1 aromatic carbocycles. The van der Waals surface area contributed by atoms with E-state index in [9.17, 15) is 14.4 Å². The van der Waals surface area contributed by atoms with E-state index in [1.54, 1.807) is 30.0 Å². The molecule has 0 spiro atoms.